The maximum Gasteiger partial charge on any atom is 0.325 e. The van der Waals surface area contributed by atoms with E-state index in [1.807, 2.05) is 25.1 Å². The van der Waals surface area contributed by atoms with Crippen LogP contribution in [0, 0.1) is 0 Å². The zero-order chi connectivity index (χ0) is 17.4. The van der Waals surface area contributed by atoms with E-state index in [0.717, 1.165) is 6.42 Å². The quantitative estimate of drug-likeness (QED) is 0.825. The summed E-state index contributed by atoms with van der Waals surface area (Å²) in [6.07, 6.45) is 1.25. The summed E-state index contributed by atoms with van der Waals surface area (Å²) in [6, 6.07) is 6.86. The molecule has 2 aliphatic heterocycles. The minimum Gasteiger partial charge on any atom is -0.493 e. The molecule has 0 aliphatic carbocycles. The van der Waals surface area contributed by atoms with Crippen molar-refractivity contribution < 1.29 is 14.3 Å². The fourth-order valence-electron chi connectivity index (χ4n) is 3.38. The minimum absolute atomic E-state index is 0.0441. The lowest BCUT2D eigenvalue weighted by atomic mass is 9.84. The van der Waals surface area contributed by atoms with Crippen molar-refractivity contribution in [1.82, 2.24) is 30.4 Å². The summed E-state index contributed by atoms with van der Waals surface area (Å²) in [6.45, 7) is 3.05. The molecule has 0 radical (unpaired) electrons. The van der Waals surface area contributed by atoms with Crippen LogP contribution in [0.1, 0.15) is 31.2 Å². The van der Waals surface area contributed by atoms with E-state index in [2.05, 4.69) is 20.8 Å². The average molecular weight is 342 g/mol. The van der Waals surface area contributed by atoms with E-state index < -0.39 is 11.6 Å². The second-order valence-electron chi connectivity index (χ2n) is 6.14. The predicted molar refractivity (Wildman–Crippen MR) is 85.4 cm³/mol. The maximum absolute atomic E-state index is 13.2. The summed E-state index contributed by atoms with van der Waals surface area (Å²) >= 11 is 0. The van der Waals surface area contributed by atoms with Gasteiger partial charge in [0.2, 0.25) is 0 Å². The van der Waals surface area contributed by atoms with Crippen molar-refractivity contribution in [3.8, 4) is 5.75 Å². The van der Waals surface area contributed by atoms with Crippen LogP contribution >= 0.6 is 0 Å². The molecule has 1 N–H and O–H groups in total. The fraction of sp³-hybridized carbons (Fsp3) is 0.438. The second-order valence-corrected chi connectivity index (χ2v) is 6.14. The molecule has 9 nitrogen and oxygen atoms in total. The number of amides is 3. The number of hydrogen-bond acceptors (Lipinski definition) is 6. The molecule has 9 heteroatoms. The van der Waals surface area contributed by atoms with E-state index in [0.29, 0.717) is 36.7 Å². The number of carbonyl (C=O) groups is 2. The normalized spacial score (nSPS) is 22.0. The van der Waals surface area contributed by atoms with Gasteiger partial charge >= 0.3 is 6.03 Å². The SMILES string of the molecule is CCCn1nnnc1CN1C(=O)N[C@@]2(CCOc3ccccc32)C1=O. The molecular formula is C16H18N6O3. The predicted octanol–water partition coefficient (Wildman–Crippen LogP) is 0.813. The molecule has 1 fully saturated rings. The number of hydrogen-bond donors (Lipinski definition) is 1. The lowest BCUT2D eigenvalue weighted by Gasteiger charge is -2.33. The second kappa shape index (κ2) is 5.83. The summed E-state index contributed by atoms with van der Waals surface area (Å²) in [5.74, 6) is 0.821. The molecule has 0 saturated carbocycles. The Labute approximate surface area is 143 Å². The molecule has 2 aromatic rings. The van der Waals surface area contributed by atoms with Crippen LogP contribution in [0.2, 0.25) is 0 Å². The first-order chi connectivity index (χ1) is 12.2. The molecule has 3 heterocycles. The zero-order valence-electron chi connectivity index (χ0n) is 13.8. The number of tetrazole rings is 1. The van der Waals surface area contributed by atoms with Crippen LogP contribution in [0.15, 0.2) is 24.3 Å². The summed E-state index contributed by atoms with van der Waals surface area (Å²) < 4.78 is 7.24. The van der Waals surface area contributed by atoms with Crippen LogP contribution in [-0.2, 0) is 23.4 Å². The first-order valence-corrected chi connectivity index (χ1v) is 8.27. The Bertz CT molecular complexity index is 835. The highest BCUT2D eigenvalue weighted by atomic mass is 16.5. The highest BCUT2D eigenvalue weighted by Gasteiger charge is 2.55. The summed E-state index contributed by atoms with van der Waals surface area (Å²) in [5.41, 5.74) is -0.384. The zero-order valence-corrected chi connectivity index (χ0v) is 13.8. The Balaban J connectivity index is 1.66. The Hall–Kier alpha value is -2.97. The van der Waals surface area contributed by atoms with Gasteiger partial charge in [-0.05, 0) is 22.9 Å². The molecular weight excluding hydrogens is 324 g/mol. The summed E-state index contributed by atoms with van der Waals surface area (Å²) in [7, 11) is 0. The first-order valence-electron chi connectivity index (χ1n) is 8.27. The topological polar surface area (TPSA) is 102 Å². The molecule has 25 heavy (non-hydrogen) atoms. The molecule has 0 unspecified atom stereocenters. The van der Waals surface area contributed by atoms with Gasteiger partial charge in [0.1, 0.15) is 5.75 Å². The van der Waals surface area contributed by atoms with Crippen LogP contribution in [0.3, 0.4) is 0 Å². The van der Waals surface area contributed by atoms with Gasteiger partial charge < -0.3 is 10.1 Å². The molecule has 1 saturated heterocycles. The minimum atomic E-state index is -1.07. The number of nitrogens with one attached hydrogen (secondary N) is 1. The molecule has 4 rings (SSSR count). The van der Waals surface area contributed by atoms with Gasteiger partial charge in [0, 0.05) is 18.5 Å². The number of rotatable bonds is 4. The van der Waals surface area contributed by atoms with Crippen LogP contribution in [0.4, 0.5) is 4.79 Å². The average Bonchev–Trinajstić information content (AvgIpc) is 3.15. The van der Waals surface area contributed by atoms with Gasteiger partial charge in [0.05, 0.1) is 13.2 Å². The number of ether oxygens (including phenoxy) is 1. The van der Waals surface area contributed by atoms with Crippen LogP contribution in [-0.4, -0.2) is 43.7 Å². The lowest BCUT2D eigenvalue weighted by Crippen LogP contribution is -2.47. The molecule has 130 valence electrons. The third-order valence-electron chi connectivity index (χ3n) is 4.60. The number of fused-ring (bicyclic) bond motifs is 2. The third-order valence-corrected chi connectivity index (χ3v) is 4.60. The Morgan fingerprint density at radius 2 is 2.16 bits per heavy atom. The lowest BCUT2D eigenvalue weighted by molar-refractivity contribution is -0.133. The van der Waals surface area contributed by atoms with E-state index in [1.165, 1.54) is 4.90 Å². The molecule has 1 spiro atoms. The van der Waals surface area contributed by atoms with Gasteiger partial charge in [0.15, 0.2) is 11.4 Å². The Morgan fingerprint density at radius 3 is 3.00 bits per heavy atom. The summed E-state index contributed by atoms with van der Waals surface area (Å²) in [5, 5.41) is 14.4. The number of benzene rings is 1. The van der Waals surface area contributed by atoms with Gasteiger partial charge in [-0.1, -0.05) is 25.1 Å². The largest absolute Gasteiger partial charge is 0.493 e. The maximum atomic E-state index is 13.2. The van der Waals surface area contributed by atoms with Crippen molar-refractivity contribution in [2.75, 3.05) is 6.61 Å². The first kappa shape index (κ1) is 15.6. The van der Waals surface area contributed by atoms with Crippen molar-refractivity contribution >= 4 is 11.9 Å². The van der Waals surface area contributed by atoms with Crippen molar-refractivity contribution in [3.63, 3.8) is 0 Å². The van der Waals surface area contributed by atoms with Crippen LogP contribution in [0.25, 0.3) is 0 Å². The van der Waals surface area contributed by atoms with Crippen molar-refractivity contribution in [2.45, 2.75) is 38.4 Å². The molecule has 2 aliphatic rings. The Morgan fingerprint density at radius 1 is 1.32 bits per heavy atom. The van der Waals surface area contributed by atoms with Gasteiger partial charge in [0.25, 0.3) is 5.91 Å². The number of aryl methyl sites for hydroxylation is 1. The molecule has 1 atom stereocenters. The number of urea groups is 1. The molecule has 0 bridgehead atoms. The number of carbonyl (C=O) groups excluding carboxylic acids is 2. The van der Waals surface area contributed by atoms with E-state index in [9.17, 15) is 9.59 Å². The number of imide groups is 1. The number of nitrogens with zero attached hydrogens (tertiary/aromatic N) is 5. The van der Waals surface area contributed by atoms with Crippen molar-refractivity contribution in [2.24, 2.45) is 0 Å². The molecule has 1 aromatic heterocycles. The third kappa shape index (κ3) is 2.34. The molecule has 3 amide bonds. The van der Waals surface area contributed by atoms with E-state index >= 15 is 0 Å². The van der Waals surface area contributed by atoms with Gasteiger partial charge in [-0.3, -0.25) is 9.69 Å². The number of para-hydroxylation sites is 1. The van der Waals surface area contributed by atoms with Crippen molar-refractivity contribution in [3.05, 3.63) is 35.7 Å². The van der Waals surface area contributed by atoms with Gasteiger partial charge in [-0.2, -0.15) is 0 Å². The van der Waals surface area contributed by atoms with E-state index in [1.54, 1.807) is 10.7 Å². The monoisotopic (exact) mass is 342 g/mol. The van der Waals surface area contributed by atoms with Crippen LogP contribution in [0.5, 0.6) is 5.75 Å². The highest BCUT2D eigenvalue weighted by Crippen LogP contribution is 2.41. The molecule has 1 aromatic carbocycles. The Kier molecular flexibility index (Phi) is 3.63. The van der Waals surface area contributed by atoms with Crippen LogP contribution < -0.4 is 10.1 Å². The smallest absolute Gasteiger partial charge is 0.325 e. The standard InChI is InChI=1S/C16H18N6O3/c1-2-8-22-13(18-19-20-22)10-21-14(23)16(17-15(21)24)7-9-25-12-6-4-3-5-11(12)16/h3-6H,2,7-10H2,1H3,(H,17,24)/t16-/m1/s1. The number of aromatic nitrogens is 4. The van der Waals surface area contributed by atoms with E-state index in [-0.39, 0.29) is 12.5 Å². The van der Waals surface area contributed by atoms with Gasteiger partial charge in [-0.25, -0.2) is 9.48 Å². The van der Waals surface area contributed by atoms with Crippen molar-refractivity contribution in [1.29, 1.82) is 0 Å². The van der Waals surface area contributed by atoms with E-state index in [4.69, 9.17) is 4.74 Å². The fourth-order valence-corrected chi connectivity index (χ4v) is 3.38. The summed E-state index contributed by atoms with van der Waals surface area (Å²) in [4.78, 5) is 26.9. The van der Waals surface area contributed by atoms with Gasteiger partial charge in [-0.15, -0.1) is 5.10 Å². The highest BCUT2D eigenvalue weighted by molar-refractivity contribution is 6.07.